The van der Waals surface area contributed by atoms with Crippen molar-refractivity contribution in [3.8, 4) is 5.75 Å². The van der Waals surface area contributed by atoms with E-state index in [0.29, 0.717) is 18.7 Å². The number of ether oxygens (including phenoxy) is 1. The molecule has 5 heteroatoms. The molecule has 110 valence electrons. The van der Waals surface area contributed by atoms with E-state index in [4.69, 9.17) is 4.74 Å². The Morgan fingerprint density at radius 1 is 1.40 bits per heavy atom. The molecule has 0 N–H and O–H groups in total. The van der Waals surface area contributed by atoms with Crippen molar-refractivity contribution in [2.24, 2.45) is 0 Å². The van der Waals surface area contributed by atoms with Crippen LogP contribution in [0.4, 0.5) is 4.39 Å². The van der Waals surface area contributed by atoms with Crippen LogP contribution >= 0.6 is 11.8 Å². The van der Waals surface area contributed by atoms with Crippen LogP contribution in [-0.2, 0) is 0 Å². The van der Waals surface area contributed by atoms with Gasteiger partial charge in [-0.15, -0.1) is 0 Å². The average Bonchev–Trinajstić information content (AvgIpc) is 2.73. The van der Waals surface area contributed by atoms with Crippen LogP contribution < -0.4 is 4.74 Å². The van der Waals surface area contributed by atoms with Gasteiger partial charge < -0.3 is 9.64 Å². The zero-order chi connectivity index (χ0) is 14.4. The number of rotatable bonds is 5. The monoisotopic (exact) mass is 297 g/mol. The second-order valence-corrected chi connectivity index (χ2v) is 6.02. The first-order valence-corrected chi connectivity index (χ1v) is 8.03. The molecule has 1 aromatic rings. The molecule has 1 heterocycles. The van der Waals surface area contributed by atoms with E-state index in [9.17, 15) is 9.18 Å². The molecule has 0 amide bonds. The van der Waals surface area contributed by atoms with Crippen LogP contribution in [0.2, 0.25) is 0 Å². The minimum Gasteiger partial charge on any atom is -0.496 e. The minimum absolute atomic E-state index is 0.0826. The molecule has 0 atom stereocenters. The number of halogens is 1. The lowest BCUT2D eigenvalue weighted by molar-refractivity contribution is 0.0958. The molecule has 1 saturated heterocycles. The molecule has 1 aromatic carbocycles. The van der Waals surface area contributed by atoms with Crippen LogP contribution in [-0.4, -0.2) is 48.9 Å². The predicted octanol–water partition coefficient (Wildman–Crippen LogP) is 2.85. The summed E-state index contributed by atoms with van der Waals surface area (Å²) in [5.41, 5.74) is 0.0826. The summed E-state index contributed by atoms with van der Waals surface area (Å²) < 4.78 is 18.9. The molecule has 0 saturated carbocycles. The van der Waals surface area contributed by atoms with Crippen molar-refractivity contribution in [1.82, 2.24) is 4.90 Å². The highest BCUT2D eigenvalue weighted by molar-refractivity contribution is 7.99. The summed E-state index contributed by atoms with van der Waals surface area (Å²) in [7, 11) is 1.46. The Labute approximate surface area is 123 Å². The Morgan fingerprint density at radius 2 is 2.25 bits per heavy atom. The van der Waals surface area contributed by atoms with Gasteiger partial charge in [0.05, 0.1) is 12.7 Å². The molecule has 3 nitrogen and oxygen atoms in total. The first kappa shape index (κ1) is 15.3. The summed E-state index contributed by atoms with van der Waals surface area (Å²) in [5, 5.41) is 0. The highest BCUT2D eigenvalue weighted by atomic mass is 32.2. The fourth-order valence-electron chi connectivity index (χ4n) is 2.35. The van der Waals surface area contributed by atoms with Crippen LogP contribution in [0.15, 0.2) is 18.2 Å². The maximum atomic E-state index is 13.8. The number of ketones is 1. The third-order valence-corrected chi connectivity index (χ3v) is 4.49. The van der Waals surface area contributed by atoms with Gasteiger partial charge in [-0.2, -0.15) is 11.8 Å². The second-order valence-electron chi connectivity index (χ2n) is 4.80. The minimum atomic E-state index is -0.499. The van der Waals surface area contributed by atoms with Gasteiger partial charge in [-0.25, -0.2) is 4.39 Å². The maximum absolute atomic E-state index is 13.8. The molecule has 0 aromatic heterocycles. The molecule has 0 radical (unpaired) electrons. The van der Waals surface area contributed by atoms with E-state index < -0.39 is 5.82 Å². The van der Waals surface area contributed by atoms with Crippen LogP contribution in [0.1, 0.15) is 23.2 Å². The Balaban J connectivity index is 1.97. The van der Waals surface area contributed by atoms with Gasteiger partial charge in [-0.05, 0) is 30.9 Å². The number of benzene rings is 1. The molecule has 20 heavy (non-hydrogen) atoms. The molecule has 0 spiro atoms. The molecule has 1 fully saturated rings. The van der Waals surface area contributed by atoms with Crippen molar-refractivity contribution in [2.45, 2.75) is 12.8 Å². The lowest BCUT2D eigenvalue weighted by Crippen LogP contribution is -2.28. The van der Waals surface area contributed by atoms with Crippen LogP contribution in [0.25, 0.3) is 0 Å². The number of Topliss-reactive ketones (excluding diaryl/α,β-unsaturated/α-hetero) is 1. The molecular weight excluding hydrogens is 277 g/mol. The van der Waals surface area contributed by atoms with Gasteiger partial charge >= 0.3 is 0 Å². The van der Waals surface area contributed by atoms with E-state index in [-0.39, 0.29) is 11.3 Å². The summed E-state index contributed by atoms with van der Waals surface area (Å²) in [5.74, 6) is 1.93. The summed E-state index contributed by atoms with van der Waals surface area (Å²) >= 11 is 1.95. The maximum Gasteiger partial charge on any atom is 0.170 e. The Morgan fingerprint density at radius 3 is 3.05 bits per heavy atom. The van der Waals surface area contributed by atoms with E-state index in [1.165, 1.54) is 18.9 Å². The van der Waals surface area contributed by atoms with E-state index >= 15 is 0 Å². The van der Waals surface area contributed by atoms with Crippen LogP contribution in [0.3, 0.4) is 0 Å². The zero-order valence-corrected chi connectivity index (χ0v) is 12.5. The number of carbonyl (C=O) groups excluding carboxylic acids is 1. The van der Waals surface area contributed by atoms with Crippen molar-refractivity contribution in [1.29, 1.82) is 0 Å². The number of thioether (sulfide) groups is 1. The van der Waals surface area contributed by atoms with E-state index in [0.717, 1.165) is 25.3 Å². The smallest absolute Gasteiger partial charge is 0.170 e. The average molecular weight is 297 g/mol. The van der Waals surface area contributed by atoms with Gasteiger partial charge in [0.15, 0.2) is 5.78 Å². The number of carbonyl (C=O) groups is 1. The Hall–Kier alpha value is -1.07. The molecule has 1 aliphatic heterocycles. The number of nitrogens with zero attached hydrogens (tertiary/aromatic N) is 1. The zero-order valence-electron chi connectivity index (χ0n) is 11.7. The molecule has 2 rings (SSSR count). The summed E-state index contributed by atoms with van der Waals surface area (Å²) in [4.78, 5) is 14.5. The normalized spacial score (nSPS) is 16.7. The van der Waals surface area contributed by atoms with Crippen molar-refractivity contribution in [2.75, 3.05) is 38.2 Å². The Kier molecular flexibility index (Phi) is 5.86. The third kappa shape index (κ3) is 3.96. The standard InChI is InChI=1S/C15H20FNO2S/c1-19-14-5-2-4-12(16)15(14)13(18)6-8-17-7-3-10-20-11-9-17/h2,4-5H,3,6-11H2,1H3. The summed E-state index contributed by atoms with van der Waals surface area (Å²) in [6.45, 7) is 2.72. The molecule has 0 bridgehead atoms. The summed E-state index contributed by atoms with van der Waals surface area (Å²) in [6.07, 6.45) is 1.49. The highest BCUT2D eigenvalue weighted by Crippen LogP contribution is 2.23. The molecule has 1 aliphatic rings. The van der Waals surface area contributed by atoms with Crippen molar-refractivity contribution in [3.63, 3.8) is 0 Å². The van der Waals surface area contributed by atoms with Crippen molar-refractivity contribution >= 4 is 17.5 Å². The largest absolute Gasteiger partial charge is 0.496 e. The topological polar surface area (TPSA) is 29.5 Å². The molecular formula is C15H20FNO2S. The SMILES string of the molecule is COc1cccc(F)c1C(=O)CCN1CCCSCC1. The Bertz CT molecular complexity index is 459. The number of methoxy groups -OCH3 is 1. The van der Waals surface area contributed by atoms with Crippen LogP contribution in [0, 0.1) is 5.82 Å². The van der Waals surface area contributed by atoms with Gasteiger partial charge in [0.2, 0.25) is 0 Å². The highest BCUT2D eigenvalue weighted by Gasteiger charge is 2.18. The molecule has 0 aliphatic carbocycles. The van der Waals surface area contributed by atoms with E-state index in [1.807, 2.05) is 11.8 Å². The van der Waals surface area contributed by atoms with Gasteiger partial charge in [-0.1, -0.05) is 6.07 Å². The van der Waals surface area contributed by atoms with Gasteiger partial charge in [0, 0.05) is 25.3 Å². The van der Waals surface area contributed by atoms with Gasteiger partial charge in [-0.3, -0.25) is 4.79 Å². The molecule has 0 unspecified atom stereocenters. The lowest BCUT2D eigenvalue weighted by Gasteiger charge is -2.19. The number of hydrogen-bond donors (Lipinski definition) is 0. The van der Waals surface area contributed by atoms with Crippen LogP contribution in [0.5, 0.6) is 5.75 Å². The first-order valence-electron chi connectivity index (χ1n) is 6.88. The van der Waals surface area contributed by atoms with E-state index in [1.54, 1.807) is 12.1 Å². The second kappa shape index (κ2) is 7.64. The van der Waals surface area contributed by atoms with Gasteiger partial charge in [0.1, 0.15) is 11.6 Å². The first-order chi connectivity index (χ1) is 9.72. The lowest BCUT2D eigenvalue weighted by atomic mass is 10.1. The fourth-order valence-corrected chi connectivity index (χ4v) is 3.28. The van der Waals surface area contributed by atoms with E-state index in [2.05, 4.69) is 4.90 Å². The third-order valence-electron chi connectivity index (χ3n) is 3.44. The predicted molar refractivity (Wildman–Crippen MR) is 80.3 cm³/mol. The fraction of sp³-hybridized carbons (Fsp3) is 0.533. The van der Waals surface area contributed by atoms with Gasteiger partial charge in [0.25, 0.3) is 0 Å². The quantitative estimate of drug-likeness (QED) is 0.782. The summed E-state index contributed by atoms with van der Waals surface area (Å²) in [6, 6.07) is 4.48. The number of hydrogen-bond acceptors (Lipinski definition) is 4. The van der Waals surface area contributed by atoms with Crippen molar-refractivity contribution in [3.05, 3.63) is 29.6 Å². The van der Waals surface area contributed by atoms with Crippen molar-refractivity contribution < 1.29 is 13.9 Å².